The van der Waals surface area contributed by atoms with Crippen molar-refractivity contribution in [2.45, 2.75) is 26.4 Å². The first-order chi connectivity index (χ1) is 14.7. The van der Waals surface area contributed by atoms with E-state index >= 15 is 0 Å². The standard InChI is InChI=1S/C22H24N4O3S/c1-4-12-30-22-24-21(27)19-15-8-6-7-9-16(15)23-20(26(19)25-22)14-10-11-17(28-3)18(13-14)29-5-2/h6-11,13,20H,4-5,12H2,1-3H3,(H,24,25,27)/t20-/m1/s1. The zero-order valence-electron chi connectivity index (χ0n) is 17.2. The molecule has 0 spiro atoms. The predicted octanol–water partition coefficient (Wildman–Crippen LogP) is 2.38. The Morgan fingerprint density at radius 1 is 1.17 bits per heavy atom. The van der Waals surface area contributed by atoms with Crippen LogP contribution in [-0.2, 0) is 4.79 Å². The van der Waals surface area contributed by atoms with Gasteiger partial charge in [-0.2, -0.15) is 0 Å². The molecule has 0 aromatic heterocycles. The fourth-order valence-corrected chi connectivity index (χ4v) is 4.14. The van der Waals surface area contributed by atoms with Crippen LogP contribution in [0.1, 0.15) is 32.0 Å². The molecule has 156 valence electrons. The monoisotopic (exact) mass is 424 g/mol. The molecule has 0 saturated heterocycles. The number of para-hydroxylation sites is 1. The van der Waals surface area contributed by atoms with Crippen LogP contribution < -0.4 is 25.4 Å². The second-order valence-electron chi connectivity index (χ2n) is 6.76. The molecule has 2 aromatic rings. The zero-order chi connectivity index (χ0) is 21.1. The highest BCUT2D eigenvalue weighted by Crippen LogP contribution is 2.36. The summed E-state index contributed by atoms with van der Waals surface area (Å²) in [4.78, 5) is 18.0. The summed E-state index contributed by atoms with van der Waals surface area (Å²) in [5.41, 5.74) is 1.37. The van der Waals surface area contributed by atoms with E-state index in [2.05, 4.69) is 12.2 Å². The summed E-state index contributed by atoms with van der Waals surface area (Å²) in [6, 6.07) is 13.3. The van der Waals surface area contributed by atoms with E-state index in [-0.39, 0.29) is 5.91 Å². The largest absolute Gasteiger partial charge is 0.493 e. The van der Waals surface area contributed by atoms with E-state index in [1.807, 2.05) is 49.4 Å². The number of amides is 1. The molecule has 4 rings (SSSR count). The quantitative estimate of drug-likeness (QED) is 0.771. The summed E-state index contributed by atoms with van der Waals surface area (Å²) < 4.78 is 11.2. The first-order valence-electron chi connectivity index (χ1n) is 9.96. The Hall–Kier alpha value is -3.00. The highest BCUT2D eigenvalue weighted by atomic mass is 32.2. The summed E-state index contributed by atoms with van der Waals surface area (Å²) in [6.07, 6.45) is 0.506. The van der Waals surface area contributed by atoms with E-state index in [1.54, 1.807) is 12.1 Å². The second-order valence-corrected chi connectivity index (χ2v) is 7.85. The molecular formula is C22H24N4O3S. The van der Waals surface area contributed by atoms with E-state index in [9.17, 15) is 4.79 Å². The van der Waals surface area contributed by atoms with Crippen LogP contribution in [0.5, 0.6) is 11.5 Å². The summed E-state index contributed by atoms with van der Waals surface area (Å²) in [6.45, 7) is 4.54. The number of rotatable bonds is 6. The van der Waals surface area contributed by atoms with Gasteiger partial charge in [-0.3, -0.25) is 15.1 Å². The molecule has 0 fully saturated rings. The highest BCUT2D eigenvalue weighted by molar-refractivity contribution is 8.13. The van der Waals surface area contributed by atoms with Crippen molar-refractivity contribution in [1.29, 1.82) is 0 Å². The minimum atomic E-state index is -0.483. The van der Waals surface area contributed by atoms with E-state index in [0.717, 1.165) is 28.3 Å². The lowest BCUT2D eigenvalue weighted by atomic mass is 10.1. The van der Waals surface area contributed by atoms with Gasteiger partial charge in [-0.15, -0.1) is 5.10 Å². The molecule has 1 amide bonds. The number of fused-ring (bicyclic) bond motifs is 2. The Morgan fingerprint density at radius 3 is 2.77 bits per heavy atom. The molecule has 0 bridgehead atoms. The Labute approximate surface area is 179 Å². The van der Waals surface area contributed by atoms with Crippen LogP contribution in [0.15, 0.2) is 52.6 Å². The SMILES string of the molecule is CCCSC1=NN2C(=c3ccccc3=N[C@H]2c2ccc(OC)c(OCC)c2)C(=O)N1. The first-order valence-corrected chi connectivity index (χ1v) is 10.9. The third-order valence-corrected chi connectivity index (χ3v) is 5.81. The molecule has 2 aliphatic rings. The van der Waals surface area contributed by atoms with Crippen molar-refractivity contribution < 1.29 is 14.3 Å². The van der Waals surface area contributed by atoms with Crippen LogP contribution in [0.4, 0.5) is 0 Å². The number of benzene rings is 2. The topological polar surface area (TPSA) is 75.5 Å². The van der Waals surface area contributed by atoms with E-state index in [0.29, 0.717) is 29.0 Å². The molecule has 0 saturated carbocycles. The smallest absolute Gasteiger partial charge is 0.276 e. The number of nitrogens with zero attached hydrogens (tertiary/aromatic N) is 3. The average Bonchev–Trinajstić information content (AvgIpc) is 2.77. The molecule has 8 heteroatoms. The van der Waals surface area contributed by atoms with Gasteiger partial charge < -0.3 is 9.47 Å². The van der Waals surface area contributed by atoms with Gasteiger partial charge in [-0.25, -0.2) is 5.01 Å². The molecule has 2 aliphatic heterocycles. The predicted molar refractivity (Wildman–Crippen MR) is 118 cm³/mol. The van der Waals surface area contributed by atoms with E-state index < -0.39 is 6.17 Å². The molecule has 2 aromatic carbocycles. The van der Waals surface area contributed by atoms with Gasteiger partial charge in [0.25, 0.3) is 5.91 Å². The van der Waals surface area contributed by atoms with Crippen LogP contribution in [0.3, 0.4) is 0 Å². The summed E-state index contributed by atoms with van der Waals surface area (Å²) >= 11 is 1.53. The van der Waals surface area contributed by atoms with Gasteiger partial charge in [0.1, 0.15) is 5.70 Å². The maximum atomic E-state index is 13.0. The lowest BCUT2D eigenvalue weighted by molar-refractivity contribution is -0.116. The lowest BCUT2D eigenvalue weighted by Gasteiger charge is -2.34. The summed E-state index contributed by atoms with van der Waals surface area (Å²) in [7, 11) is 1.61. The molecule has 30 heavy (non-hydrogen) atoms. The lowest BCUT2D eigenvalue weighted by Crippen LogP contribution is -2.50. The van der Waals surface area contributed by atoms with Gasteiger partial charge in [-0.05, 0) is 31.5 Å². The molecule has 1 N–H and O–H groups in total. The van der Waals surface area contributed by atoms with Gasteiger partial charge in [0.05, 0.1) is 19.1 Å². The Morgan fingerprint density at radius 2 is 2.00 bits per heavy atom. The fraction of sp³-hybridized carbons (Fsp3) is 0.318. The minimum Gasteiger partial charge on any atom is -0.493 e. The normalized spacial score (nSPS) is 17.4. The fourth-order valence-electron chi connectivity index (χ4n) is 3.43. The van der Waals surface area contributed by atoms with Gasteiger partial charge in [-0.1, -0.05) is 43.0 Å². The third kappa shape index (κ3) is 3.75. The van der Waals surface area contributed by atoms with Crippen molar-refractivity contribution >= 4 is 28.5 Å². The number of ether oxygens (including phenoxy) is 2. The van der Waals surface area contributed by atoms with Crippen LogP contribution in [0.2, 0.25) is 0 Å². The number of hydrogen-bond acceptors (Lipinski definition) is 7. The van der Waals surface area contributed by atoms with Crippen molar-refractivity contribution in [1.82, 2.24) is 10.3 Å². The second kappa shape index (κ2) is 8.79. The zero-order valence-corrected chi connectivity index (χ0v) is 18.0. The van der Waals surface area contributed by atoms with Crippen LogP contribution >= 0.6 is 11.8 Å². The average molecular weight is 425 g/mol. The third-order valence-electron chi connectivity index (χ3n) is 4.74. The molecular weight excluding hydrogens is 400 g/mol. The Bertz CT molecular complexity index is 1120. The van der Waals surface area contributed by atoms with Gasteiger partial charge in [0.15, 0.2) is 22.8 Å². The van der Waals surface area contributed by atoms with Crippen molar-refractivity contribution in [2.75, 3.05) is 19.5 Å². The number of nitrogens with one attached hydrogen (secondary N) is 1. The van der Waals surface area contributed by atoms with Crippen molar-refractivity contribution in [3.05, 3.63) is 58.6 Å². The summed E-state index contributed by atoms with van der Waals surface area (Å²) in [5.74, 6) is 1.99. The molecule has 7 nitrogen and oxygen atoms in total. The number of carbonyl (C=O) groups excluding carboxylic acids is 1. The van der Waals surface area contributed by atoms with Crippen molar-refractivity contribution in [3.8, 4) is 11.5 Å². The number of hydrogen-bond donors (Lipinski definition) is 1. The molecule has 2 heterocycles. The molecule has 0 aliphatic carbocycles. The minimum absolute atomic E-state index is 0.172. The molecule has 1 atom stereocenters. The maximum absolute atomic E-state index is 13.0. The Kier molecular flexibility index (Phi) is 5.94. The van der Waals surface area contributed by atoms with Crippen LogP contribution in [0, 0.1) is 0 Å². The van der Waals surface area contributed by atoms with Gasteiger partial charge >= 0.3 is 0 Å². The van der Waals surface area contributed by atoms with Crippen molar-refractivity contribution in [3.63, 3.8) is 0 Å². The molecule has 0 unspecified atom stereocenters. The van der Waals surface area contributed by atoms with Gasteiger partial charge in [0, 0.05) is 16.5 Å². The van der Waals surface area contributed by atoms with E-state index in [4.69, 9.17) is 19.6 Å². The summed E-state index contributed by atoms with van der Waals surface area (Å²) in [5, 5.41) is 11.5. The van der Waals surface area contributed by atoms with Gasteiger partial charge in [0.2, 0.25) is 0 Å². The van der Waals surface area contributed by atoms with Crippen molar-refractivity contribution in [2.24, 2.45) is 10.1 Å². The number of hydrazone groups is 1. The van der Waals surface area contributed by atoms with Crippen LogP contribution in [-0.4, -0.2) is 35.6 Å². The number of carbonyl (C=O) groups is 1. The number of thioether (sulfide) groups is 1. The highest BCUT2D eigenvalue weighted by Gasteiger charge is 2.34. The molecule has 0 radical (unpaired) electrons. The number of methoxy groups -OCH3 is 1. The van der Waals surface area contributed by atoms with Crippen LogP contribution in [0.25, 0.3) is 5.70 Å². The first kappa shape index (κ1) is 20.3. The maximum Gasteiger partial charge on any atom is 0.276 e. The van der Waals surface area contributed by atoms with E-state index in [1.165, 1.54) is 11.8 Å². The Balaban J connectivity index is 1.87. The number of amidine groups is 1.